The van der Waals surface area contributed by atoms with Crippen molar-refractivity contribution in [2.24, 2.45) is 0 Å². The molecule has 0 saturated heterocycles. The maximum atomic E-state index is 11.8. The highest BCUT2D eigenvalue weighted by Gasteiger charge is 2.03. The molecular formula is C16H13NO2. The van der Waals surface area contributed by atoms with Gasteiger partial charge in [-0.15, -0.1) is 0 Å². The Morgan fingerprint density at radius 2 is 1.68 bits per heavy atom. The minimum absolute atomic E-state index is 0.000596. The average molecular weight is 251 g/mol. The zero-order valence-corrected chi connectivity index (χ0v) is 10.5. The van der Waals surface area contributed by atoms with Gasteiger partial charge in [0, 0.05) is 17.6 Å². The van der Waals surface area contributed by atoms with E-state index in [0.717, 1.165) is 11.3 Å². The van der Waals surface area contributed by atoms with Crippen LogP contribution in [0.5, 0.6) is 5.75 Å². The van der Waals surface area contributed by atoms with Gasteiger partial charge in [0.15, 0.2) is 11.2 Å². The van der Waals surface area contributed by atoms with Crippen molar-refractivity contribution < 1.29 is 4.84 Å². The number of nitrogens with zero attached hydrogens (tertiary/aromatic N) is 1. The lowest BCUT2D eigenvalue weighted by molar-refractivity contribution is 0.227. The van der Waals surface area contributed by atoms with Gasteiger partial charge in [-0.2, -0.15) is 4.73 Å². The molecule has 94 valence electrons. The molecule has 2 aromatic carbocycles. The second-order valence-corrected chi connectivity index (χ2v) is 4.43. The Kier molecular flexibility index (Phi) is 2.80. The lowest BCUT2D eigenvalue weighted by atomic mass is 10.2. The van der Waals surface area contributed by atoms with Crippen LogP contribution in [-0.2, 0) is 0 Å². The third kappa shape index (κ3) is 2.22. The van der Waals surface area contributed by atoms with Gasteiger partial charge in [-0.05, 0) is 31.2 Å². The largest absolute Gasteiger partial charge is 0.375 e. The third-order valence-corrected chi connectivity index (χ3v) is 2.99. The average Bonchev–Trinajstić information content (AvgIpc) is 2.45. The molecule has 0 aliphatic heterocycles. The highest BCUT2D eigenvalue weighted by molar-refractivity contribution is 5.78. The quantitative estimate of drug-likeness (QED) is 0.700. The van der Waals surface area contributed by atoms with E-state index >= 15 is 0 Å². The van der Waals surface area contributed by atoms with Gasteiger partial charge in [-0.1, -0.05) is 29.8 Å². The molecule has 0 fully saturated rings. The van der Waals surface area contributed by atoms with Crippen LogP contribution >= 0.6 is 0 Å². The third-order valence-electron chi connectivity index (χ3n) is 2.99. The van der Waals surface area contributed by atoms with Gasteiger partial charge in [0.2, 0.25) is 0 Å². The van der Waals surface area contributed by atoms with Crippen LogP contribution < -0.4 is 10.3 Å². The van der Waals surface area contributed by atoms with Crippen LogP contribution in [0, 0.1) is 6.92 Å². The first-order valence-electron chi connectivity index (χ1n) is 6.09. The molecule has 0 amide bonds. The summed E-state index contributed by atoms with van der Waals surface area (Å²) in [7, 11) is 0. The van der Waals surface area contributed by atoms with Gasteiger partial charge >= 0.3 is 0 Å². The fraction of sp³-hybridized carbons (Fsp3) is 0.0625. The number of para-hydroxylation sites is 1. The molecule has 0 aliphatic carbocycles. The first kappa shape index (κ1) is 11.5. The van der Waals surface area contributed by atoms with Gasteiger partial charge in [-0.3, -0.25) is 4.79 Å². The van der Waals surface area contributed by atoms with Crippen molar-refractivity contribution in [1.82, 2.24) is 4.73 Å². The number of fused-ring (bicyclic) bond motifs is 1. The second-order valence-electron chi connectivity index (χ2n) is 4.43. The Hall–Kier alpha value is -2.55. The zero-order chi connectivity index (χ0) is 13.2. The molecule has 0 aliphatic rings. The number of rotatable bonds is 2. The molecule has 1 aromatic heterocycles. The van der Waals surface area contributed by atoms with Gasteiger partial charge < -0.3 is 4.84 Å². The maximum Gasteiger partial charge on any atom is 0.189 e. The Morgan fingerprint density at radius 1 is 0.947 bits per heavy atom. The van der Waals surface area contributed by atoms with Gasteiger partial charge in [-0.25, -0.2) is 0 Å². The molecule has 0 unspecified atom stereocenters. The summed E-state index contributed by atoms with van der Waals surface area (Å²) in [6.07, 6.45) is 1.64. The van der Waals surface area contributed by atoms with Crippen molar-refractivity contribution >= 4 is 10.9 Å². The molecule has 3 rings (SSSR count). The minimum Gasteiger partial charge on any atom is -0.375 e. The summed E-state index contributed by atoms with van der Waals surface area (Å²) >= 11 is 0. The van der Waals surface area contributed by atoms with Crippen molar-refractivity contribution in [2.75, 3.05) is 0 Å². The van der Waals surface area contributed by atoms with Gasteiger partial charge in [0.1, 0.15) is 0 Å². The van der Waals surface area contributed by atoms with Crippen LogP contribution in [0.4, 0.5) is 0 Å². The van der Waals surface area contributed by atoms with E-state index in [2.05, 4.69) is 0 Å². The molecule has 19 heavy (non-hydrogen) atoms. The predicted molar refractivity (Wildman–Crippen MR) is 75.4 cm³/mol. The molecule has 0 N–H and O–H groups in total. The van der Waals surface area contributed by atoms with Crippen LogP contribution in [0.3, 0.4) is 0 Å². The summed E-state index contributed by atoms with van der Waals surface area (Å²) < 4.78 is 1.61. The molecule has 0 saturated carbocycles. The number of aromatic nitrogens is 1. The van der Waals surface area contributed by atoms with Crippen LogP contribution in [-0.4, -0.2) is 4.73 Å². The molecule has 3 aromatic rings. The lowest BCUT2D eigenvalue weighted by Crippen LogP contribution is -2.11. The van der Waals surface area contributed by atoms with Crippen LogP contribution in [0.1, 0.15) is 5.56 Å². The second kappa shape index (κ2) is 4.61. The maximum absolute atomic E-state index is 11.8. The number of benzene rings is 2. The Labute approximate surface area is 110 Å². The fourth-order valence-electron chi connectivity index (χ4n) is 1.97. The molecule has 0 bridgehead atoms. The summed E-state index contributed by atoms with van der Waals surface area (Å²) in [4.78, 5) is 17.5. The van der Waals surface area contributed by atoms with Gasteiger partial charge in [0.05, 0.1) is 5.52 Å². The number of hydrogen-bond donors (Lipinski definition) is 0. The van der Waals surface area contributed by atoms with E-state index < -0.39 is 0 Å². The summed E-state index contributed by atoms with van der Waals surface area (Å²) in [6, 6.07) is 16.7. The normalized spacial score (nSPS) is 10.6. The first-order valence-corrected chi connectivity index (χ1v) is 6.09. The Morgan fingerprint density at radius 3 is 2.47 bits per heavy atom. The van der Waals surface area contributed by atoms with Crippen molar-refractivity contribution in [1.29, 1.82) is 0 Å². The monoisotopic (exact) mass is 251 g/mol. The number of hydrogen-bond acceptors (Lipinski definition) is 2. The molecule has 3 heteroatoms. The van der Waals surface area contributed by atoms with E-state index in [4.69, 9.17) is 4.84 Å². The smallest absolute Gasteiger partial charge is 0.189 e. The highest BCUT2D eigenvalue weighted by Crippen LogP contribution is 2.15. The van der Waals surface area contributed by atoms with E-state index in [9.17, 15) is 4.79 Å². The summed E-state index contributed by atoms with van der Waals surface area (Å²) in [5, 5.41) is 0.650. The van der Waals surface area contributed by atoms with Crippen LogP contribution in [0.25, 0.3) is 10.9 Å². The molecule has 1 heterocycles. The Balaban J connectivity index is 2.08. The van der Waals surface area contributed by atoms with E-state index in [1.165, 1.54) is 11.6 Å². The lowest BCUT2D eigenvalue weighted by Gasteiger charge is -2.11. The summed E-state index contributed by atoms with van der Waals surface area (Å²) in [6.45, 7) is 2.03. The number of pyridine rings is 1. The van der Waals surface area contributed by atoms with Crippen LogP contribution in [0.2, 0.25) is 0 Å². The molecule has 3 nitrogen and oxygen atoms in total. The van der Waals surface area contributed by atoms with E-state index in [1.807, 2.05) is 49.4 Å². The van der Waals surface area contributed by atoms with Crippen molar-refractivity contribution in [3.8, 4) is 5.75 Å². The van der Waals surface area contributed by atoms with Crippen LogP contribution in [0.15, 0.2) is 65.6 Å². The van der Waals surface area contributed by atoms with Gasteiger partial charge in [0.25, 0.3) is 0 Å². The molecular weight excluding hydrogens is 238 g/mol. The van der Waals surface area contributed by atoms with Crippen molar-refractivity contribution in [3.05, 3.63) is 76.6 Å². The van der Waals surface area contributed by atoms with Crippen molar-refractivity contribution in [3.63, 3.8) is 0 Å². The van der Waals surface area contributed by atoms with Crippen molar-refractivity contribution in [2.45, 2.75) is 6.92 Å². The standard InChI is InChI=1S/C16H13NO2/c1-12-6-8-13(9-7-12)19-17-11-10-16(18)14-4-2-3-5-15(14)17/h2-11H,1H3. The molecule has 0 atom stereocenters. The first-order chi connectivity index (χ1) is 9.24. The number of aryl methyl sites for hydroxylation is 1. The van der Waals surface area contributed by atoms with E-state index in [0.29, 0.717) is 5.39 Å². The zero-order valence-electron chi connectivity index (χ0n) is 10.5. The predicted octanol–water partition coefficient (Wildman–Crippen LogP) is 3.15. The summed E-state index contributed by atoms with van der Waals surface area (Å²) in [5.41, 5.74) is 1.94. The topological polar surface area (TPSA) is 31.2 Å². The Bertz CT molecular complexity index is 773. The SMILES string of the molecule is Cc1ccc(On2ccc(=O)c3ccccc32)cc1. The fourth-order valence-corrected chi connectivity index (χ4v) is 1.97. The molecule has 0 spiro atoms. The van der Waals surface area contributed by atoms with E-state index in [-0.39, 0.29) is 5.43 Å². The van der Waals surface area contributed by atoms with E-state index in [1.54, 1.807) is 17.0 Å². The minimum atomic E-state index is -0.000596. The molecule has 0 radical (unpaired) electrons. The summed E-state index contributed by atoms with van der Waals surface area (Å²) in [5.74, 6) is 0.736. The highest BCUT2D eigenvalue weighted by atomic mass is 16.7.